The van der Waals surface area contributed by atoms with Crippen LogP contribution >= 0.6 is 0 Å². The third-order valence-corrected chi connectivity index (χ3v) is 8.44. The molecule has 194 valence electrons. The maximum atomic E-state index is 13.3. The number of aromatic nitrogens is 1. The van der Waals surface area contributed by atoms with Gasteiger partial charge in [0, 0.05) is 41.9 Å². The molecule has 13 heteroatoms. The first kappa shape index (κ1) is 26.4. The SMILES string of the molecule is CS(=O)(=O)N1CC(C(=O)Nc2ccc(-c3ccccc3S(N)(=O)=O)cn2)C(c2cccc(C(=N)N)c2)C1. The molecule has 2 unspecified atom stereocenters. The minimum atomic E-state index is -3.95. The van der Waals surface area contributed by atoms with Gasteiger partial charge < -0.3 is 11.1 Å². The largest absolute Gasteiger partial charge is 0.384 e. The topological polar surface area (TPSA) is 189 Å². The lowest BCUT2D eigenvalue weighted by atomic mass is 9.87. The van der Waals surface area contributed by atoms with Crippen LogP contribution in [-0.4, -0.2) is 57.2 Å². The molecule has 11 nitrogen and oxygen atoms in total. The fraction of sp³-hybridized carbons (Fsp3) is 0.208. The van der Waals surface area contributed by atoms with Crippen LogP contribution in [0, 0.1) is 11.3 Å². The highest BCUT2D eigenvalue weighted by atomic mass is 32.2. The highest BCUT2D eigenvalue weighted by Gasteiger charge is 2.42. The molecule has 1 saturated heterocycles. The number of rotatable bonds is 7. The van der Waals surface area contributed by atoms with Crippen molar-refractivity contribution in [3.63, 3.8) is 0 Å². The van der Waals surface area contributed by atoms with Crippen LogP contribution in [0.15, 0.2) is 71.8 Å². The summed E-state index contributed by atoms with van der Waals surface area (Å²) < 4.78 is 49.6. The van der Waals surface area contributed by atoms with Gasteiger partial charge in [-0.15, -0.1) is 0 Å². The summed E-state index contributed by atoms with van der Waals surface area (Å²) in [6, 6.07) is 16.2. The molecule has 1 aliphatic heterocycles. The Labute approximate surface area is 215 Å². The highest BCUT2D eigenvalue weighted by Crippen LogP contribution is 2.35. The van der Waals surface area contributed by atoms with Crippen molar-refractivity contribution >= 4 is 37.6 Å². The van der Waals surface area contributed by atoms with Gasteiger partial charge in [0.25, 0.3) is 0 Å². The Morgan fingerprint density at radius 3 is 2.41 bits per heavy atom. The van der Waals surface area contributed by atoms with Crippen molar-refractivity contribution in [2.24, 2.45) is 16.8 Å². The lowest BCUT2D eigenvalue weighted by molar-refractivity contribution is -0.119. The van der Waals surface area contributed by atoms with E-state index in [1.807, 2.05) is 0 Å². The Balaban J connectivity index is 1.59. The molecule has 0 spiro atoms. The zero-order valence-corrected chi connectivity index (χ0v) is 21.5. The van der Waals surface area contributed by atoms with Crippen LogP contribution in [0.1, 0.15) is 17.0 Å². The Kier molecular flexibility index (Phi) is 7.15. The third kappa shape index (κ3) is 5.85. The summed E-state index contributed by atoms with van der Waals surface area (Å²) in [6.07, 6.45) is 2.51. The van der Waals surface area contributed by atoms with Gasteiger partial charge in [-0.3, -0.25) is 10.2 Å². The van der Waals surface area contributed by atoms with E-state index in [9.17, 15) is 21.6 Å². The van der Waals surface area contributed by atoms with Crippen molar-refractivity contribution < 1.29 is 21.6 Å². The Bertz CT molecular complexity index is 1570. The second kappa shape index (κ2) is 10.0. The highest BCUT2D eigenvalue weighted by molar-refractivity contribution is 7.89. The van der Waals surface area contributed by atoms with Gasteiger partial charge in [0.2, 0.25) is 26.0 Å². The minimum Gasteiger partial charge on any atom is -0.384 e. The van der Waals surface area contributed by atoms with Crippen LogP contribution in [0.4, 0.5) is 5.82 Å². The van der Waals surface area contributed by atoms with Crippen LogP contribution in [-0.2, 0) is 24.8 Å². The maximum absolute atomic E-state index is 13.3. The van der Waals surface area contributed by atoms with Gasteiger partial charge in [0.15, 0.2) is 0 Å². The number of pyridine rings is 1. The van der Waals surface area contributed by atoms with Gasteiger partial charge in [-0.2, -0.15) is 0 Å². The van der Waals surface area contributed by atoms with E-state index in [1.165, 1.54) is 22.6 Å². The first-order chi connectivity index (χ1) is 17.3. The molecule has 0 radical (unpaired) electrons. The van der Waals surface area contributed by atoms with E-state index in [1.54, 1.807) is 48.5 Å². The smallest absolute Gasteiger partial charge is 0.238 e. The van der Waals surface area contributed by atoms with Crippen LogP contribution < -0.4 is 16.2 Å². The molecule has 6 N–H and O–H groups in total. The second-order valence-electron chi connectivity index (χ2n) is 8.79. The van der Waals surface area contributed by atoms with Crippen LogP contribution in [0.25, 0.3) is 11.1 Å². The molecule has 1 amide bonds. The van der Waals surface area contributed by atoms with Crippen LogP contribution in [0.5, 0.6) is 0 Å². The summed E-state index contributed by atoms with van der Waals surface area (Å²) in [7, 11) is -7.50. The van der Waals surface area contributed by atoms with Gasteiger partial charge >= 0.3 is 0 Å². The van der Waals surface area contributed by atoms with Crippen molar-refractivity contribution in [1.82, 2.24) is 9.29 Å². The average molecular weight is 543 g/mol. The van der Waals surface area contributed by atoms with Crippen molar-refractivity contribution in [3.05, 3.63) is 78.0 Å². The first-order valence-electron chi connectivity index (χ1n) is 11.1. The van der Waals surface area contributed by atoms with Gasteiger partial charge in [0.05, 0.1) is 17.1 Å². The zero-order valence-electron chi connectivity index (χ0n) is 19.8. The van der Waals surface area contributed by atoms with Crippen molar-refractivity contribution in [2.45, 2.75) is 10.8 Å². The number of amides is 1. The predicted octanol–water partition coefficient (Wildman–Crippen LogP) is 1.29. The van der Waals surface area contributed by atoms with E-state index in [0.29, 0.717) is 22.3 Å². The number of carbonyl (C=O) groups is 1. The summed E-state index contributed by atoms with van der Waals surface area (Å²) in [5, 5.41) is 15.7. The molecular formula is C24H26N6O5S2. The molecule has 37 heavy (non-hydrogen) atoms. The summed E-state index contributed by atoms with van der Waals surface area (Å²) in [4.78, 5) is 17.5. The number of benzene rings is 2. The average Bonchev–Trinajstić information content (AvgIpc) is 3.31. The second-order valence-corrected chi connectivity index (χ2v) is 12.3. The van der Waals surface area contributed by atoms with Crippen LogP contribution in [0.3, 0.4) is 0 Å². The number of amidine groups is 1. The molecule has 0 aliphatic carbocycles. The van der Waals surface area contributed by atoms with E-state index in [2.05, 4.69) is 10.3 Å². The van der Waals surface area contributed by atoms with E-state index in [4.69, 9.17) is 16.3 Å². The van der Waals surface area contributed by atoms with Crippen LogP contribution in [0.2, 0.25) is 0 Å². The number of nitrogens with zero attached hydrogens (tertiary/aromatic N) is 2. The number of anilines is 1. The lowest BCUT2D eigenvalue weighted by Gasteiger charge is -2.19. The number of carbonyl (C=O) groups excluding carboxylic acids is 1. The number of hydrogen-bond donors (Lipinski definition) is 4. The molecule has 4 rings (SSSR count). The number of sulfonamides is 2. The number of nitrogen functional groups attached to an aromatic ring is 1. The maximum Gasteiger partial charge on any atom is 0.238 e. The molecule has 2 aromatic carbocycles. The molecule has 1 fully saturated rings. The molecule has 1 aromatic heterocycles. The van der Waals surface area contributed by atoms with Gasteiger partial charge in [-0.1, -0.05) is 36.4 Å². The minimum absolute atomic E-state index is 0.0144. The van der Waals surface area contributed by atoms with E-state index < -0.39 is 37.8 Å². The summed E-state index contributed by atoms with van der Waals surface area (Å²) in [5.74, 6) is -1.52. The van der Waals surface area contributed by atoms with E-state index in [0.717, 1.165) is 6.26 Å². The summed E-state index contributed by atoms with van der Waals surface area (Å²) in [6.45, 7) is 0.0917. The molecular weight excluding hydrogens is 516 g/mol. The molecule has 1 aliphatic rings. The monoisotopic (exact) mass is 542 g/mol. The van der Waals surface area contributed by atoms with Gasteiger partial charge in [0.1, 0.15) is 11.7 Å². The molecule has 0 bridgehead atoms. The predicted molar refractivity (Wildman–Crippen MR) is 140 cm³/mol. The van der Waals surface area contributed by atoms with E-state index in [-0.39, 0.29) is 29.6 Å². The zero-order chi connectivity index (χ0) is 27.0. The van der Waals surface area contributed by atoms with Crippen molar-refractivity contribution in [2.75, 3.05) is 24.7 Å². The number of hydrogen-bond acceptors (Lipinski definition) is 7. The molecule has 2 heterocycles. The van der Waals surface area contributed by atoms with Crippen molar-refractivity contribution in [3.8, 4) is 11.1 Å². The number of nitrogens with two attached hydrogens (primary N) is 2. The summed E-state index contributed by atoms with van der Waals surface area (Å²) >= 11 is 0. The normalized spacial score (nSPS) is 18.4. The van der Waals surface area contributed by atoms with Gasteiger partial charge in [-0.25, -0.2) is 31.3 Å². The fourth-order valence-corrected chi connectivity index (χ4v) is 6.00. The van der Waals surface area contributed by atoms with Gasteiger partial charge in [-0.05, 0) is 29.8 Å². The first-order valence-corrected chi connectivity index (χ1v) is 14.5. The standard InChI is InChI=1S/C24H26N6O5S2/c1-36(32,33)30-13-19(15-5-4-6-16(11-15)23(25)26)20(14-30)24(31)29-22-10-9-17(12-28-22)18-7-2-3-8-21(18)37(27,34)35/h2-12,19-20H,13-14H2,1H3,(H3,25,26)(H2,27,34,35)(H,28,29,31). The number of primary sulfonamides is 1. The molecule has 2 atom stereocenters. The fourth-order valence-electron chi connectivity index (χ4n) is 4.38. The Morgan fingerprint density at radius 2 is 1.78 bits per heavy atom. The Morgan fingerprint density at radius 1 is 1.05 bits per heavy atom. The lowest BCUT2D eigenvalue weighted by Crippen LogP contribution is -2.31. The van der Waals surface area contributed by atoms with E-state index >= 15 is 0 Å². The molecule has 0 saturated carbocycles. The third-order valence-electron chi connectivity index (χ3n) is 6.24. The van der Waals surface area contributed by atoms with Crippen molar-refractivity contribution in [1.29, 1.82) is 5.41 Å². The number of nitrogens with one attached hydrogen (secondary N) is 2. The quantitative estimate of drug-likeness (QED) is 0.255. The molecule has 3 aromatic rings. The Hall–Kier alpha value is -3.65. The summed E-state index contributed by atoms with van der Waals surface area (Å²) in [5.41, 5.74) is 7.65.